The maximum atomic E-state index is 13.5. The van der Waals surface area contributed by atoms with Gasteiger partial charge in [-0.15, -0.1) is 0 Å². The summed E-state index contributed by atoms with van der Waals surface area (Å²) >= 11 is 0. The third kappa shape index (κ3) is 2.70. The van der Waals surface area contributed by atoms with Gasteiger partial charge in [-0.2, -0.15) is 8.78 Å². The first-order chi connectivity index (χ1) is 11.4. The molecule has 0 aliphatic heterocycles. The molecule has 0 spiro atoms. The van der Waals surface area contributed by atoms with E-state index in [0.29, 0.717) is 5.56 Å². The lowest BCUT2D eigenvalue weighted by Gasteiger charge is -2.09. The van der Waals surface area contributed by atoms with Gasteiger partial charge in [0.25, 0.3) is 0 Å². The highest BCUT2D eigenvalue weighted by Gasteiger charge is 2.28. The van der Waals surface area contributed by atoms with Gasteiger partial charge in [-0.05, 0) is 29.1 Å². The van der Waals surface area contributed by atoms with E-state index >= 15 is 0 Å². The second-order valence-corrected chi connectivity index (χ2v) is 4.95. The van der Waals surface area contributed by atoms with Crippen LogP contribution in [0.15, 0.2) is 30.5 Å². The fraction of sp³-hybridized carbons (Fsp3) is 0.0625. The molecule has 0 amide bonds. The minimum atomic E-state index is -2.32. The molecule has 0 unspecified atom stereocenters. The minimum Gasteiger partial charge on any atom is -0.420 e. The van der Waals surface area contributed by atoms with Gasteiger partial charge in [-0.1, -0.05) is 6.07 Å². The van der Waals surface area contributed by atoms with Crippen LogP contribution < -0.4 is 4.74 Å². The highest BCUT2D eigenvalue weighted by Crippen LogP contribution is 2.29. The second-order valence-electron chi connectivity index (χ2n) is 4.95. The van der Waals surface area contributed by atoms with Gasteiger partial charge in [0, 0.05) is 11.7 Å². The molecular weight excluding hydrogens is 333 g/mol. The Morgan fingerprint density at radius 2 is 1.54 bits per heavy atom. The Hall–Kier alpha value is -2.90. The lowest BCUT2D eigenvalue weighted by Crippen LogP contribution is -2.15. The third-order valence-electron chi connectivity index (χ3n) is 3.35. The fourth-order valence-electron chi connectivity index (χ4n) is 2.20. The summed E-state index contributed by atoms with van der Waals surface area (Å²) in [7, 11) is 0. The van der Waals surface area contributed by atoms with Crippen LogP contribution in [0.1, 0.15) is 5.56 Å². The normalized spacial score (nSPS) is 11.0. The van der Waals surface area contributed by atoms with Crippen LogP contribution in [0.3, 0.4) is 0 Å². The van der Waals surface area contributed by atoms with Gasteiger partial charge in [0.1, 0.15) is 0 Å². The van der Waals surface area contributed by atoms with E-state index in [1.165, 1.54) is 0 Å². The minimum absolute atomic E-state index is 0.402. The number of hydrogen-bond donors (Lipinski definition) is 1. The first-order valence-electron chi connectivity index (χ1n) is 6.66. The van der Waals surface area contributed by atoms with Gasteiger partial charge in [-0.3, -0.25) is 4.79 Å². The predicted molar refractivity (Wildman–Crippen MR) is 73.9 cm³/mol. The molecule has 0 saturated heterocycles. The molecule has 24 heavy (non-hydrogen) atoms. The number of aromatic amines is 1. The zero-order valence-electron chi connectivity index (χ0n) is 11.8. The molecule has 3 nitrogen and oxygen atoms in total. The van der Waals surface area contributed by atoms with Crippen LogP contribution in [0.25, 0.3) is 10.9 Å². The van der Waals surface area contributed by atoms with E-state index in [9.17, 15) is 26.7 Å². The largest absolute Gasteiger partial charge is 0.420 e. The quantitative estimate of drug-likeness (QED) is 0.257. The Balaban J connectivity index is 1.85. The number of benzene rings is 2. The van der Waals surface area contributed by atoms with Crippen molar-refractivity contribution in [1.82, 2.24) is 4.98 Å². The van der Waals surface area contributed by atoms with E-state index in [4.69, 9.17) is 0 Å². The van der Waals surface area contributed by atoms with Crippen LogP contribution in [0.5, 0.6) is 5.75 Å². The van der Waals surface area contributed by atoms with Crippen molar-refractivity contribution in [2.45, 2.75) is 6.42 Å². The van der Waals surface area contributed by atoms with Crippen LogP contribution in [0.4, 0.5) is 22.0 Å². The molecule has 1 N–H and O–H groups in total. The Bertz CT molecular complexity index is 922. The van der Waals surface area contributed by atoms with E-state index < -0.39 is 47.2 Å². The van der Waals surface area contributed by atoms with E-state index in [1.54, 1.807) is 30.5 Å². The number of H-pyrrole nitrogens is 1. The van der Waals surface area contributed by atoms with Gasteiger partial charge in [-0.25, -0.2) is 13.2 Å². The van der Waals surface area contributed by atoms with Crippen molar-refractivity contribution in [3.05, 3.63) is 65.1 Å². The van der Waals surface area contributed by atoms with E-state index in [-0.39, 0.29) is 0 Å². The van der Waals surface area contributed by atoms with Crippen molar-refractivity contribution >= 4 is 16.9 Å². The predicted octanol–water partition coefficient (Wildman–Crippen LogP) is 4.01. The van der Waals surface area contributed by atoms with Crippen molar-refractivity contribution in [1.29, 1.82) is 0 Å². The molecule has 0 fully saturated rings. The summed E-state index contributed by atoms with van der Waals surface area (Å²) in [5.41, 5.74) is 1.27. The molecule has 0 bridgehead atoms. The van der Waals surface area contributed by atoms with Crippen molar-refractivity contribution in [3.8, 4) is 5.75 Å². The average molecular weight is 341 g/mol. The van der Waals surface area contributed by atoms with Crippen molar-refractivity contribution in [2.24, 2.45) is 0 Å². The molecule has 0 atom stereocenters. The number of ether oxygens (including phenoxy) is 1. The molecule has 0 aliphatic rings. The second kappa shape index (κ2) is 5.95. The summed E-state index contributed by atoms with van der Waals surface area (Å²) in [5.74, 6) is -13.8. The number of carbonyl (C=O) groups is 1. The number of aromatic nitrogens is 1. The Kier molecular flexibility index (Phi) is 3.96. The highest BCUT2D eigenvalue weighted by molar-refractivity contribution is 5.82. The molecule has 0 aliphatic carbocycles. The Morgan fingerprint density at radius 1 is 0.917 bits per heavy atom. The average Bonchev–Trinajstić information content (AvgIpc) is 3.03. The van der Waals surface area contributed by atoms with Gasteiger partial charge in [0.05, 0.1) is 6.42 Å². The van der Waals surface area contributed by atoms with Gasteiger partial charge < -0.3 is 9.72 Å². The van der Waals surface area contributed by atoms with Crippen LogP contribution in [-0.2, 0) is 11.2 Å². The molecule has 124 valence electrons. The van der Waals surface area contributed by atoms with Crippen molar-refractivity contribution in [3.63, 3.8) is 0 Å². The smallest absolute Gasteiger partial charge is 0.315 e. The number of nitrogens with one attached hydrogen (secondary N) is 1. The van der Waals surface area contributed by atoms with E-state index in [1.807, 2.05) is 0 Å². The van der Waals surface area contributed by atoms with Crippen LogP contribution in [0.2, 0.25) is 0 Å². The van der Waals surface area contributed by atoms with Gasteiger partial charge in [0.15, 0.2) is 0 Å². The maximum Gasteiger partial charge on any atom is 0.315 e. The molecule has 0 radical (unpaired) electrons. The van der Waals surface area contributed by atoms with Gasteiger partial charge >= 0.3 is 5.97 Å². The van der Waals surface area contributed by atoms with Gasteiger partial charge in [0.2, 0.25) is 34.8 Å². The monoisotopic (exact) mass is 341 g/mol. The molecule has 0 saturated carbocycles. The fourth-order valence-corrected chi connectivity index (χ4v) is 2.20. The molecular formula is C16H8F5NO2. The first kappa shape index (κ1) is 16.0. The highest BCUT2D eigenvalue weighted by atomic mass is 19.2. The topological polar surface area (TPSA) is 42.1 Å². The standard InChI is InChI=1S/C16H8F5NO2/c17-11-12(18)14(20)16(15(21)13(11)19)24-10(23)6-7-1-2-9-8(5-7)3-4-22-9/h1-5,22H,6H2. The van der Waals surface area contributed by atoms with Crippen LogP contribution in [-0.4, -0.2) is 11.0 Å². The van der Waals surface area contributed by atoms with Crippen molar-refractivity contribution in [2.75, 3.05) is 0 Å². The first-order valence-corrected chi connectivity index (χ1v) is 6.66. The number of halogens is 5. The number of carbonyl (C=O) groups excluding carboxylic acids is 1. The summed E-state index contributed by atoms with van der Waals surface area (Å²) < 4.78 is 70.3. The van der Waals surface area contributed by atoms with Crippen molar-refractivity contribution < 1.29 is 31.5 Å². The van der Waals surface area contributed by atoms with E-state index in [0.717, 1.165) is 10.9 Å². The Morgan fingerprint density at radius 3 is 2.21 bits per heavy atom. The summed E-state index contributed by atoms with van der Waals surface area (Å²) in [6.07, 6.45) is 1.28. The molecule has 8 heteroatoms. The zero-order valence-corrected chi connectivity index (χ0v) is 11.8. The number of esters is 1. The summed E-state index contributed by atoms with van der Waals surface area (Å²) in [6, 6.07) is 6.62. The number of hydrogen-bond acceptors (Lipinski definition) is 2. The summed E-state index contributed by atoms with van der Waals surface area (Å²) in [5, 5.41) is 0.788. The van der Waals surface area contributed by atoms with Crippen LogP contribution in [0, 0.1) is 29.1 Å². The Labute approximate surface area is 131 Å². The maximum absolute atomic E-state index is 13.5. The molecule has 3 aromatic rings. The lowest BCUT2D eigenvalue weighted by atomic mass is 10.1. The SMILES string of the molecule is O=C(Cc1ccc2[nH]ccc2c1)Oc1c(F)c(F)c(F)c(F)c1F. The summed E-state index contributed by atoms with van der Waals surface area (Å²) in [4.78, 5) is 14.7. The molecule has 1 aromatic heterocycles. The third-order valence-corrected chi connectivity index (χ3v) is 3.35. The molecule has 2 aromatic carbocycles. The summed E-state index contributed by atoms with van der Waals surface area (Å²) in [6.45, 7) is 0. The number of rotatable bonds is 3. The van der Waals surface area contributed by atoms with E-state index in [2.05, 4.69) is 9.72 Å². The molecule has 3 rings (SSSR count). The zero-order chi connectivity index (χ0) is 17.4. The number of fused-ring (bicyclic) bond motifs is 1. The molecule has 1 heterocycles. The lowest BCUT2D eigenvalue weighted by molar-refractivity contribution is -0.134. The van der Waals surface area contributed by atoms with Crippen LogP contribution >= 0.6 is 0 Å².